The maximum Gasteiger partial charge on any atom is 0.338 e. The normalized spacial score (nSPS) is 21.1. The monoisotopic (exact) mass is 400 g/mol. The second kappa shape index (κ2) is 9.41. The SMILES string of the molecule is COC(=O)C1=C(CN2CCN(CC(C)C)CC2)NC(=O)N[C@@H]1c1ccc(C)cc1. The highest BCUT2D eigenvalue weighted by molar-refractivity contribution is 5.95. The van der Waals surface area contributed by atoms with Crippen molar-refractivity contribution >= 4 is 12.0 Å². The van der Waals surface area contributed by atoms with E-state index in [2.05, 4.69) is 34.3 Å². The predicted molar refractivity (Wildman–Crippen MR) is 112 cm³/mol. The van der Waals surface area contributed by atoms with Crippen LogP contribution in [0.25, 0.3) is 0 Å². The number of rotatable bonds is 6. The molecule has 1 atom stereocenters. The van der Waals surface area contributed by atoms with Gasteiger partial charge < -0.3 is 20.3 Å². The van der Waals surface area contributed by atoms with Crippen molar-refractivity contribution < 1.29 is 14.3 Å². The van der Waals surface area contributed by atoms with Gasteiger partial charge in [-0.1, -0.05) is 43.7 Å². The molecule has 1 aromatic rings. The minimum absolute atomic E-state index is 0.295. The van der Waals surface area contributed by atoms with E-state index in [0.29, 0.717) is 23.7 Å². The molecule has 7 heteroatoms. The van der Waals surface area contributed by atoms with Gasteiger partial charge in [-0.05, 0) is 18.4 Å². The van der Waals surface area contributed by atoms with Crippen LogP contribution in [0.2, 0.25) is 0 Å². The Hall–Kier alpha value is -2.38. The molecule has 0 bridgehead atoms. The van der Waals surface area contributed by atoms with Crippen molar-refractivity contribution in [2.45, 2.75) is 26.8 Å². The zero-order valence-corrected chi connectivity index (χ0v) is 17.8. The van der Waals surface area contributed by atoms with E-state index in [4.69, 9.17) is 4.74 Å². The van der Waals surface area contributed by atoms with Crippen molar-refractivity contribution in [2.75, 3.05) is 46.4 Å². The van der Waals surface area contributed by atoms with Crippen LogP contribution in [0, 0.1) is 12.8 Å². The van der Waals surface area contributed by atoms with Crippen molar-refractivity contribution in [3.8, 4) is 0 Å². The lowest BCUT2D eigenvalue weighted by Gasteiger charge is -2.37. The van der Waals surface area contributed by atoms with Gasteiger partial charge >= 0.3 is 12.0 Å². The fraction of sp³-hybridized carbons (Fsp3) is 0.545. The van der Waals surface area contributed by atoms with Crippen molar-refractivity contribution in [1.82, 2.24) is 20.4 Å². The summed E-state index contributed by atoms with van der Waals surface area (Å²) in [6.07, 6.45) is 0. The van der Waals surface area contributed by atoms with E-state index in [-0.39, 0.29) is 6.03 Å². The molecule has 0 aliphatic carbocycles. The number of ether oxygens (including phenoxy) is 1. The molecule has 0 radical (unpaired) electrons. The van der Waals surface area contributed by atoms with Crippen LogP contribution < -0.4 is 10.6 Å². The number of urea groups is 1. The summed E-state index contributed by atoms with van der Waals surface area (Å²) in [5, 5.41) is 5.73. The first-order valence-electron chi connectivity index (χ1n) is 10.3. The molecule has 7 nitrogen and oxygen atoms in total. The molecule has 2 amide bonds. The van der Waals surface area contributed by atoms with Crippen molar-refractivity contribution in [3.63, 3.8) is 0 Å². The molecule has 0 aromatic heterocycles. The lowest BCUT2D eigenvalue weighted by atomic mass is 9.94. The summed E-state index contributed by atoms with van der Waals surface area (Å²) in [4.78, 5) is 29.8. The van der Waals surface area contributed by atoms with Crippen LogP contribution >= 0.6 is 0 Å². The first-order chi connectivity index (χ1) is 13.9. The van der Waals surface area contributed by atoms with Crippen molar-refractivity contribution in [2.24, 2.45) is 5.92 Å². The molecule has 1 aromatic carbocycles. The summed E-state index contributed by atoms with van der Waals surface area (Å²) in [6, 6.07) is 7.02. The van der Waals surface area contributed by atoms with Gasteiger partial charge in [0, 0.05) is 45.0 Å². The average molecular weight is 401 g/mol. The summed E-state index contributed by atoms with van der Waals surface area (Å²) in [5.74, 6) is 0.227. The second-order valence-electron chi connectivity index (χ2n) is 8.30. The van der Waals surface area contributed by atoms with Gasteiger partial charge in [0.25, 0.3) is 0 Å². The number of piperazine rings is 1. The second-order valence-corrected chi connectivity index (χ2v) is 8.30. The van der Waals surface area contributed by atoms with E-state index in [0.717, 1.165) is 43.9 Å². The molecule has 0 saturated carbocycles. The Morgan fingerprint density at radius 2 is 1.76 bits per heavy atom. The molecule has 158 valence electrons. The topological polar surface area (TPSA) is 73.9 Å². The van der Waals surface area contributed by atoms with Crippen LogP contribution in [0.3, 0.4) is 0 Å². The predicted octanol–water partition coefficient (Wildman–Crippen LogP) is 2.05. The Kier molecular flexibility index (Phi) is 6.92. The van der Waals surface area contributed by atoms with E-state index in [1.54, 1.807) is 0 Å². The Labute approximate surface area is 173 Å². The number of aryl methyl sites for hydroxylation is 1. The maximum atomic E-state index is 12.7. The van der Waals surface area contributed by atoms with Crippen LogP contribution in [0.15, 0.2) is 35.5 Å². The number of carbonyl (C=O) groups is 2. The molecule has 1 fully saturated rings. The maximum absolute atomic E-state index is 12.7. The Morgan fingerprint density at radius 3 is 2.34 bits per heavy atom. The molecule has 29 heavy (non-hydrogen) atoms. The van der Waals surface area contributed by atoms with Gasteiger partial charge in [0.1, 0.15) is 0 Å². The highest BCUT2D eigenvalue weighted by atomic mass is 16.5. The minimum atomic E-state index is -0.519. The summed E-state index contributed by atoms with van der Waals surface area (Å²) in [5.41, 5.74) is 3.09. The number of methoxy groups -OCH3 is 1. The van der Waals surface area contributed by atoms with E-state index >= 15 is 0 Å². The Bertz CT molecular complexity index is 765. The Morgan fingerprint density at radius 1 is 1.14 bits per heavy atom. The van der Waals surface area contributed by atoms with Gasteiger partial charge in [0.15, 0.2) is 0 Å². The molecule has 2 aliphatic rings. The number of esters is 1. The molecule has 0 spiro atoms. The smallest absolute Gasteiger partial charge is 0.338 e. The summed E-state index contributed by atoms with van der Waals surface area (Å²) in [6.45, 7) is 11.9. The van der Waals surface area contributed by atoms with Crippen LogP contribution in [-0.2, 0) is 9.53 Å². The van der Waals surface area contributed by atoms with Crippen LogP contribution in [0.4, 0.5) is 4.79 Å². The lowest BCUT2D eigenvalue weighted by molar-refractivity contribution is -0.136. The van der Waals surface area contributed by atoms with E-state index in [9.17, 15) is 9.59 Å². The van der Waals surface area contributed by atoms with Crippen molar-refractivity contribution in [1.29, 1.82) is 0 Å². The van der Waals surface area contributed by atoms with Crippen molar-refractivity contribution in [3.05, 3.63) is 46.7 Å². The average Bonchev–Trinajstić information content (AvgIpc) is 2.69. The van der Waals surface area contributed by atoms with Gasteiger partial charge in [-0.2, -0.15) is 0 Å². The Balaban J connectivity index is 1.82. The number of amides is 2. The summed E-state index contributed by atoms with van der Waals surface area (Å²) < 4.78 is 5.07. The van der Waals surface area contributed by atoms with Gasteiger partial charge in [0.2, 0.25) is 0 Å². The number of nitrogens with one attached hydrogen (secondary N) is 2. The third-order valence-corrected chi connectivity index (χ3v) is 5.44. The molecule has 3 rings (SSSR count). The lowest BCUT2D eigenvalue weighted by Crippen LogP contribution is -2.52. The highest BCUT2D eigenvalue weighted by Gasteiger charge is 2.34. The minimum Gasteiger partial charge on any atom is -0.466 e. The molecule has 0 unspecified atom stereocenters. The van der Waals surface area contributed by atoms with Crippen LogP contribution in [0.5, 0.6) is 0 Å². The van der Waals surface area contributed by atoms with Crippen LogP contribution in [-0.4, -0.2) is 68.2 Å². The summed E-state index contributed by atoms with van der Waals surface area (Å²) >= 11 is 0. The fourth-order valence-electron chi connectivity index (χ4n) is 3.97. The number of hydrogen-bond donors (Lipinski definition) is 2. The number of nitrogens with zero attached hydrogens (tertiary/aromatic N) is 2. The standard InChI is InChI=1S/C22H32N4O3/c1-15(2)13-25-9-11-26(12-10-25)14-18-19(21(27)29-4)20(24-22(28)23-18)17-7-5-16(3)6-8-17/h5-8,15,20H,9-14H2,1-4H3,(H2,23,24,28)/t20-/m1/s1. The molecule has 2 N–H and O–H groups in total. The van der Waals surface area contributed by atoms with Crippen LogP contribution in [0.1, 0.15) is 31.0 Å². The van der Waals surface area contributed by atoms with E-state index in [1.807, 2.05) is 31.2 Å². The fourth-order valence-corrected chi connectivity index (χ4v) is 3.97. The zero-order chi connectivity index (χ0) is 21.0. The van der Waals surface area contributed by atoms with Gasteiger partial charge in [-0.3, -0.25) is 4.90 Å². The highest BCUT2D eigenvalue weighted by Crippen LogP contribution is 2.28. The third-order valence-electron chi connectivity index (χ3n) is 5.44. The number of carbonyl (C=O) groups excluding carboxylic acids is 2. The number of hydrogen-bond acceptors (Lipinski definition) is 5. The molecule has 1 saturated heterocycles. The summed E-state index contributed by atoms with van der Waals surface area (Å²) in [7, 11) is 1.38. The van der Waals surface area contributed by atoms with Gasteiger partial charge in [-0.15, -0.1) is 0 Å². The molecular weight excluding hydrogens is 368 g/mol. The van der Waals surface area contributed by atoms with Gasteiger partial charge in [0.05, 0.1) is 18.7 Å². The molecule has 2 heterocycles. The third kappa shape index (κ3) is 5.36. The first-order valence-corrected chi connectivity index (χ1v) is 10.3. The molecule has 2 aliphatic heterocycles. The number of benzene rings is 1. The van der Waals surface area contributed by atoms with E-state index in [1.165, 1.54) is 7.11 Å². The largest absolute Gasteiger partial charge is 0.466 e. The first kappa shape index (κ1) is 21.3. The van der Waals surface area contributed by atoms with Gasteiger partial charge in [-0.25, -0.2) is 9.59 Å². The zero-order valence-electron chi connectivity index (χ0n) is 17.8. The van der Waals surface area contributed by atoms with E-state index < -0.39 is 12.0 Å². The quantitative estimate of drug-likeness (QED) is 0.715. The molecular formula is C22H32N4O3.